The molecule has 8 nitrogen and oxygen atoms in total. The molecule has 1 rings (SSSR count). The number of alkyl halides is 2. The van der Waals surface area contributed by atoms with Gasteiger partial charge in [-0.3, -0.25) is 9.35 Å². The minimum absolute atomic E-state index is 0.109. The summed E-state index contributed by atoms with van der Waals surface area (Å²) in [7, 11) is -5.76. The molecule has 1 aliphatic heterocycles. The highest BCUT2D eigenvalue weighted by molar-refractivity contribution is 7.86. The lowest BCUT2D eigenvalue weighted by Gasteiger charge is -2.36. The molecule has 0 aromatic rings. The number of halogens is 2. The van der Waals surface area contributed by atoms with Gasteiger partial charge in [0.2, 0.25) is 0 Å². The van der Waals surface area contributed by atoms with E-state index in [0.717, 1.165) is 13.3 Å². The van der Waals surface area contributed by atoms with Crippen LogP contribution in [0.1, 0.15) is 33.1 Å². The number of amides is 1. The van der Waals surface area contributed by atoms with E-state index in [-0.39, 0.29) is 5.57 Å². The number of nitrogens with zero attached hydrogens (tertiary/aromatic N) is 1. The van der Waals surface area contributed by atoms with Crippen LogP contribution in [-0.4, -0.2) is 60.5 Å². The third-order valence-corrected chi connectivity index (χ3v) is 4.43. The van der Waals surface area contributed by atoms with E-state index in [4.69, 9.17) is 14.0 Å². The second-order valence-corrected chi connectivity index (χ2v) is 7.42. The van der Waals surface area contributed by atoms with Crippen molar-refractivity contribution in [2.45, 2.75) is 44.2 Å². The summed E-state index contributed by atoms with van der Waals surface area (Å²) < 4.78 is 66.3. The van der Waals surface area contributed by atoms with Gasteiger partial charge in [0.1, 0.15) is 6.61 Å². The van der Waals surface area contributed by atoms with E-state index < -0.39 is 39.6 Å². The first-order chi connectivity index (χ1) is 11.3. The second-order valence-electron chi connectivity index (χ2n) is 5.87. The first kappa shape index (κ1) is 21.5. The molecule has 144 valence electrons. The van der Waals surface area contributed by atoms with Crippen LogP contribution in [0.25, 0.3) is 0 Å². The Morgan fingerprint density at radius 3 is 2.20 bits per heavy atom. The molecule has 11 heteroatoms. The largest absolute Gasteiger partial charge is 0.420 e. The molecule has 0 aliphatic carbocycles. The fourth-order valence-corrected chi connectivity index (χ4v) is 2.29. The molecule has 1 fully saturated rings. The van der Waals surface area contributed by atoms with Crippen LogP contribution in [0.5, 0.6) is 0 Å². The zero-order valence-corrected chi connectivity index (χ0v) is 14.8. The lowest BCUT2D eigenvalue weighted by atomic mass is 10.1. The van der Waals surface area contributed by atoms with Gasteiger partial charge in [-0.1, -0.05) is 6.58 Å². The standard InChI is InChI=1S/C14H21F2NO7S/c1-10(2)11(18)24-13(3,12(19)17-7-5-4-6-8-17)23-9-14(15,16)25(20,21)22/h1,4-9H2,2-3H3,(H,20,21,22). The number of rotatable bonds is 7. The summed E-state index contributed by atoms with van der Waals surface area (Å²) in [6.45, 7) is 4.30. The molecule has 1 unspecified atom stereocenters. The third-order valence-electron chi connectivity index (χ3n) is 3.56. The van der Waals surface area contributed by atoms with Crippen molar-refractivity contribution >= 4 is 22.0 Å². The average molecular weight is 385 g/mol. The molecule has 0 radical (unpaired) electrons. The minimum Gasteiger partial charge on any atom is -0.420 e. The Morgan fingerprint density at radius 1 is 1.24 bits per heavy atom. The van der Waals surface area contributed by atoms with Gasteiger partial charge in [0.05, 0.1) is 0 Å². The van der Waals surface area contributed by atoms with Crippen molar-refractivity contribution in [2.24, 2.45) is 0 Å². The van der Waals surface area contributed by atoms with Crippen LogP contribution in [0.15, 0.2) is 12.2 Å². The Balaban J connectivity index is 3.03. The Bertz CT molecular complexity index is 644. The van der Waals surface area contributed by atoms with E-state index in [1.165, 1.54) is 11.8 Å². The van der Waals surface area contributed by atoms with Crippen LogP contribution in [0.4, 0.5) is 8.78 Å². The summed E-state index contributed by atoms with van der Waals surface area (Å²) in [4.78, 5) is 25.6. The quantitative estimate of drug-likeness (QED) is 0.305. The Morgan fingerprint density at radius 2 is 1.76 bits per heavy atom. The molecule has 25 heavy (non-hydrogen) atoms. The van der Waals surface area contributed by atoms with Gasteiger partial charge >= 0.3 is 21.3 Å². The summed E-state index contributed by atoms with van der Waals surface area (Å²) in [6, 6.07) is 0. The number of hydrogen-bond acceptors (Lipinski definition) is 6. The topological polar surface area (TPSA) is 110 Å². The van der Waals surface area contributed by atoms with Gasteiger partial charge < -0.3 is 14.4 Å². The predicted molar refractivity (Wildman–Crippen MR) is 82.2 cm³/mol. The molecule has 1 aliphatic rings. The summed E-state index contributed by atoms with van der Waals surface area (Å²) in [5.74, 6) is -4.45. The highest BCUT2D eigenvalue weighted by Gasteiger charge is 2.50. The lowest BCUT2D eigenvalue weighted by Crippen LogP contribution is -2.54. The van der Waals surface area contributed by atoms with Crippen molar-refractivity contribution < 1.29 is 40.8 Å². The van der Waals surface area contributed by atoms with Gasteiger partial charge in [-0.15, -0.1) is 0 Å². The zero-order valence-electron chi connectivity index (χ0n) is 14.0. The molecule has 1 heterocycles. The van der Waals surface area contributed by atoms with Crippen LogP contribution >= 0.6 is 0 Å². The number of likely N-dealkylation sites (tertiary alicyclic amines) is 1. The Labute approximate surface area is 144 Å². The van der Waals surface area contributed by atoms with Gasteiger partial charge in [0, 0.05) is 25.6 Å². The minimum atomic E-state index is -5.76. The summed E-state index contributed by atoms with van der Waals surface area (Å²) in [5.41, 5.74) is -0.109. The first-order valence-corrected chi connectivity index (χ1v) is 8.91. The van der Waals surface area contributed by atoms with Crippen molar-refractivity contribution in [1.82, 2.24) is 4.90 Å². The van der Waals surface area contributed by atoms with E-state index in [1.54, 1.807) is 0 Å². The lowest BCUT2D eigenvalue weighted by molar-refractivity contribution is -0.237. The Hall–Kier alpha value is -1.59. The zero-order chi connectivity index (χ0) is 19.5. The number of hydrogen-bond donors (Lipinski definition) is 1. The fourth-order valence-electron chi connectivity index (χ4n) is 2.08. The molecule has 1 atom stereocenters. The monoisotopic (exact) mass is 385 g/mol. The predicted octanol–water partition coefficient (Wildman–Crippen LogP) is 1.33. The van der Waals surface area contributed by atoms with Crippen molar-refractivity contribution in [2.75, 3.05) is 19.7 Å². The first-order valence-electron chi connectivity index (χ1n) is 7.47. The second kappa shape index (κ2) is 7.75. The normalized spacial score (nSPS) is 18.4. The summed E-state index contributed by atoms with van der Waals surface area (Å²) in [6.07, 6.45) is 2.24. The number of ether oxygens (including phenoxy) is 2. The van der Waals surface area contributed by atoms with Crippen molar-refractivity contribution in [3.05, 3.63) is 12.2 Å². The maximum atomic E-state index is 13.4. The van der Waals surface area contributed by atoms with Crippen LogP contribution in [0.3, 0.4) is 0 Å². The van der Waals surface area contributed by atoms with Crippen molar-refractivity contribution in [1.29, 1.82) is 0 Å². The van der Waals surface area contributed by atoms with Crippen LogP contribution in [-0.2, 0) is 29.2 Å². The molecule has 0 aromatic carbocycles. The molecule has 0 spiro atoms. The smallest absolute Gasteiger partial charge is 0.392 e. The number of esters is 1. The van der Waals surface area contributed by atoms with Crippen LogP contribution in [0.2, 0.25) is 0 Å². The van der Waals surface area contributed by atoms with E-state index >= 15 is 0 Å². The van der Waals surface area contributed by atoms with Gasteiger partial charge in [-0.05, 0) is 26.2 Å². The van der Waals surface area contributed by atoms with Crippen molar-refractivity contribution in [3.63, 3.8) is 0 Å². The van der Waals surface area contributed by atoms with E-state index in [0.29, 0.717) is 25.9 Å². The van der Waals surface area contributed by atoms with E-state index in [9.17, 15) is 26.8 Å². The van der Waals surface area contributed by atoms with Gasteiger partial charge in [-0.25, -0.2) is 4.79 Å². The van der Waals surface area contributed by atoms with Gasteiger partial charge in [0.25, 0.3) is 11.7 Å². The molecule has 0 bridgehead atoms. The third kappa shape index (κ3) is 5.44. The van der Waals surface area contributed by atoms with E-state index in [2.05, 4.69) is 6.58 Å². The van der Waals surface area contributed by atoms with E-state index in [1.807, 2.05) is 0 Å². The summed E-state index contributed by atoms with van der Waals surface area (Å²) >= 11 is 0. The highest BCUT2D eigenvalue weighted by atomic mass is 32.2. The molecule has 1 N–H and O–H groups in total. The summed E-state index contributed by atoms with van der Waals surface area (Å²) in [5, 5.41) is -4.67. The molecule has 0 saturated carbocycles. The van der Waals surface area contributed by atoms with Crippen molar-refractivity contribution in [3.8, 4) is 0 Å². The fraction of sp³-hybridized carbons (Fsp3) is 0.714. The molecular weight excluding hydrogens is 364 g/mol. The number of carbonyl (C=O) groups is 2. The molecule has 1 saturated heterocycles. The number of piperidine rings is 1. The number of carbonyl (C=O) groups excluding carboxylic acids is 2. The molecular formula is C14H21F2NO7S. The Kier molecular flexibility index (Phi) is 6.65. The SMILES string of the molecule is C=C(C)C(=O)OC(C)(OCC(F)(F)S(=O)(=O)O)C(=O)N1CCCCC1. The average Bonchev–Trinajstić information content (AvgIpc) is 2.52. The van der Waals surface area contributed by atoms with Gasteiger partial charge in [0.15, 0.2) is 0 Å². The van der Waals surface area contributed by atoms with Crippen LogP contribution in [0, 0.1) is 0 Å². The van der Waals surface area contributed by atoms with Crippen LogP contribution < -0.4 is 0 Å². The van der Waals surface area contributed by atoms with Gasteiger partial charge in [-0.2, -0.15) is 17.2 Å². The maximum absolute atomic E-state index is 13.4. The maximum Gasteiger partial charge on any atom is 0.392 e. The molecule has 0 aromatic heterocycles. The highest BCUT2D eigenvalue weighted by Crippen LogP contribution is 2.27. The molecule has 1 amide bonds.